The SMILES string of the molecule is CCCCCOc1ccc(Cn2c(C)nc3ccc(C(=O)NS(=O)(=O)NCCC)nc32)c(Cl)c1. The molecule has 0 aliphatic rings. The largest absolute Gasteiger partial charge is 0.494 e. The van der Waals surface area contributed by atoms with E-state index in [4.69, 9.17) is 16.3 Å². The molecule has 2 N–H and O–H groups in total. The topological polar surface area (TPSA) is 115 Å². The van der Waals surface area contributed by atoms with E-state index in [1.54, 1.807) is 12.1 Å². The molecule has 0 unspecified atom stereocenters. The van der Waals surface area contributed by atoms with Gasteiger partial charge >= 0.3 is 10.2 Å². The van der Waals surface area contributed by atoms with Crippen molar-refractivity contribution in [1.29, 1.82) is 0 Å². The number of hydrogen-bond acceptors (Lipinski definition) is 6. The molecule has 0 aliphatic carbocycles. The number of aromatic nitrogens is 3. The summed E-state index contributed by atoms with van der Waals surface area (Å²) in [5.74, 6) is 0.582. The molecule has 11 heteroatoms. The van der Waals surface area contributed by atoms with E-state index in [0.29, 0.717) is 47.3 Å². The van der Waals surface area contributed by atoms with E-state index < -0.39 is 16.1 Å². The maximum absolute atomic E-state index is 12.5. The number of nitrogens with one attached hydrogen (secondary N) is 2. The average molecular weight is 508 g/mol. The highest BCUT2D eigenvalue weighted by Gasteiger charge is 2.19. The maximum atomic E-state index is 12.5. The summed E-state index contributed by atoms with van der Waals surface area (Å²) in [6, 6.07) is 8.65. The van der Waals surface area contributed by atoms with Gasteiger partial charge in [0.2, 0.25) is 0 Å². The third-order valence-corrected chi connectivity index (χ3v) is 6.54. The fraction of sp³-hybridized carbons (Fsp3) is 0.435. The number of unbranched alkanes of at least 4 members (excludes halogenated alkanes) is 2. The Kier molecular flexibility index (Phi) is 8.87. The highest BCUT2D eigenvalue weighted by atomic mass is 35.5. The van der Waals surface area contributed by atoms with Crippen molar-refractivity contribution in [3.8, 4) is 5.75 Å². The molecule has 0 atom stereocenters. The summed E-state index contributed by atoms with van der Waals surface area (Å²) in [6.07, 6.45) is 3.84. The first kappa shape index (κ1) is 25.9. The van der Waals surface area contributed by atoms with Gasteiger partial charge in [-0.1, -0.05) is 44.4 Å². The number of ether oxygens (including phenoxy) is 1. The second-order valence-corrected chi connectivity index (χ2v) is 9.83. The second-order valence-electron chi connectivity index (χ2n) is 7.92. The Hall–Kier alpha value is -2.69. The van der Waals surface area contributed by atoms with Gasteiger partial charge in [0.25, 0.3) is 5.91 Å². The van der Waals surface area contributed by atoms with Crippen molar-refractivity contribution in [2.75, 3.05) is 13.2 Å². The molecule has 0 radical (unpaired) electrons. The highest BCUT2D eigenvalue weighted by Crippen LogP contribution is 2.25. The van der Waals surface area contributed by atoms with Gasteiger partial charge in [-0.15, -0.1) is 0 Å². The first-order valence-electron chi connectivity index (χ1n) is 11.3. The molecule has 0 saturated heterocycles. The van der Waals surface area contributed by atoms with Crippen LogP contribution in [0.4, 0.5) is 0 Å². The number of benzene rings is 1. The predicted molar refractivity (Wildman–Crippen MR) is 133 cm³/mol. The van der Waals surface area contributed by atoms with Gasteiger partial charge in [0.1, 0.15) is 22.8 Å². The molecule has 2 heterocycles. The summed E-state index contributed by atoms with van der Waals surface area (Å²) in [5, 5.41) is 0.552. The van der Waals surface area contributed by atoms with Gasteiger partial charge in [-0.3, -0.25) is 4.79 Å². The number of nitrogens with zero attached hydrogens (tertiary/aromatic N) is 3. The van der Waals surface area contributed by atoms with Crippen LogP contribution in [-0.4, -0.2) is 42.0 Å². The lowest BCUT2D eigenvalue weighted by molar-refractivity contribution is 0.0976. The number of rotatable bonds is 12. The van der Waals surface area contributed by atoms with E-state index in [0.717, 1.165) is 24.8 Å². The fourth-order valence-corrected chi connectivity index (χ4v) is 4.46. The summed E-state index contributed by atoms with van der Waals surface area (Å²) >= 11 is 6.51. The molecule has 1 amide bonds. The van der Waals surface area contributed by atoms with E-state index in [2.05, 4.69) is 21.6 Å². The monoisotopic (exact) mass is 507 g/mol. The van der Waals surface area contributed by atoms with Crippen LogP contribution in [0, 0.1) is 6.92 Å². The number of carbonyl (C=O) groups is 1. The average Bonchev–Trinajstić information content (AvgIpc) is 3.11. The van der Waals surface area contributed by atoms with Crippen molar-refractivity contribution in [2.24, 2.45) is 0 Å². The van der Waals surface area contributed by atoms with Gasteiger partial charge in [-0.05, 0) is 49.6 Å². The van der Waals surface area contributed by atoms with Gasteiger partial charge in [0, 0.05) is 11.6 Å². The predicted octanol–water partition coefficient (Wildman–Crippen LogP) is 3.98. The van der Waals surface area contributed by atoms with Crippen molar-refractivity contribution >= 4 is 38.9 Å². The first-order chi connectivity index (χ1) is 16.2. The van der Waals surface area contributed by atoms with E-state index in [9.17, 15) is 13.2 Å². The Morgan fingerprint density at radius 3 is 2.62 bits per heavy atom. The smallest absolute Gasteiger partial charge is 0.301 e. The number of amides is 1. The molecule has 0 bridgehead atoms. The molecule has 0 saturated carbocycles. The van der Waals surface area contributed by atoms with Gasteiger partial charge in [0.05, 0.1) is 13.2 Å². The number of imidazole rings is 1. The Balaban J connectivity index is 1.81. The maximum Gasteiger partial charge on any atom is 0.301 e. The lowest BCUT2D eigenvalue weighted by atomic mass is 10.2. The lowest BCUT2D eigenvalue weighted by Crippen LogP contribution is -2.40. The third kappa shape index (κ3) is 6.68. The van der Waals surface area contributed by atoms with Crippen molar-refractivity contribution in [3.05, 3.63) is 52.4 Å². The molecule has 3 aromatic rings. The van der Waals surface area contributed by atoms with Crippen LogP contribution in [-0.2, 0) is 16.8 Å². The first-order valence-corrected chi connectivity index (χ1v) is 13.2. The minimum absolute atomic E-state index is 0.0301. The summed E-state index contributed by atoms with van der Waals surface area (Å²) in [4.78, 5) is 21.4. The summed E-state index contributed by atoms with van der Waals surface area (Å²) < 4.78 is 35.9. The van der Waals surface area contributed by atoms with Crippen LogP contribution in [0.2, 0.25) is 5.02 Å². The van der Waals surface area contributed by atoms with Crippen molar-refractivity contribution in [3.63, 3.8) is 0 Å². The zero-order valence-corrected chi connectivity index (χ0v) is 21.2. The fourth-order valence-electron chi connectivity index (χ4n) is 3.34. The minimum atomic E-state index is -3.96. The molecule has 0 aliphatic heterocycles. The Morgan fingerprint density at radius 1 is 1.12 bits per heavy atom. The Bertz CT molecular complexity index is 1260. The second kappa shape index (κ2) is 11.6. The van der Waals surface area contributed by atoms with E-state index in [1.165, 1.54) is 6.07 Å². The van der Waals surface area contributed by atoms with Crippen LogP contribution in [0.25, 0.3) is 11.2 Å². The van der Waals surface area contributed by atoms with Crippen LogP contribution in [0.3, 0.4) is 0 Å². The molecular formula is C23H30ClN5O4S. The zero-order chi connectivity index (χ0) is 24.7. The third-order valence-electron chi connectivity index (χ3n) is 5.15. The number of halogens is 1. The van der Waals surface area contributed by atoms with Gasteiger partial charge < -0.3 is 9.30 Å². The summed E-state index contributed by atoms with van der Waals surface area (Å²) in [6.45, 7) is 7.05. The lowest BCUT2D eigenvalue weighted by Gasteiger charge is -2.11. The van der Waals surface area contributed by atoms with Crippen LogP contribution in [0.15, 0.2) is 30.3 Å². The number of fused-ring (bicyclic) bond motifs is 1. The Morgan fingerprint density at radius 2 is 1.91 bits per heavy atom. The van der Waals surface area contributed by atoms with Crippen LogP contribution < -0.4 is 14.2 Å². The normalized spacial score (nSPS) is 11.6. The summed E-state index contributed by atoms with van der Waals surface area (Å²) in [7, 11) is -3.96. The van der Waals surface area contributed by atoms with Crippen LogP contribution in [0.1, 0.15) is 61.4 Å². The van der Waals surface area contributed by atoms with Gasteiger partial charge in [-0.25, -0.2) is 14.7 Å². The zero-order valence-electron chi connectivity index (χ0n) is 19.6. The van der Waals surface area contributed by atoms with Crippen LogP contribution >= 0.6 is 11.6 Å². The number of aryl methyl sites for hydroxylation is 1. The molecule has 1 aromatic carbocycles. The molecule has 3 rings (SSSR count). The molecule has 0 spiro atoms. The quantitative estimate of drug-likeness (QED) is 0.358. The number of pyridine rings is 1. The van der Waals surface area contributed by atoms with Crippen molar-refractivity contribution in [2.45, 2.75) is 53.0 Å². The highest BCUT2D eigenvalue weighted by molar-refractivity contribution is 7.88. The van der Waals surface area contributed by atoms with E-state index in [-0.39, 0.29) is 12.2 Å². The molecule has 2 aromatic heterocycles. The van der Waals surface area contributed by atoms with Gasteiger partial charge in [-0.2, -0.15) is 13.1 Å². The van der Waals surface area contributed by atoms with Crippen molar-refractivity contribution in [1.82, 2.24) is 24.0 Å². The molecular weight excluding hydrogens is 478 g/mol. The standard InChI is InChI=1S/C23H30ClN5O4S/c1-4-6-7-13-33-18-9-8-17(19(24)14-18)15-29-16(3)26-20-10-11-21(27-22(20)29)23(30)28-34(31,32)25-12-5-2/h8-11,14,25H,4-7,12-13,15H2,1-3H3,(H,28,30). The molecule has 34 heavy (non-hydrogen) atoms. The molecule has 184 valence electrons. The van der Waals surface area contributed by atoms with Crippen molar-refractivity contribution < 1.29 is 17.9 Å². The van der Waals surface area contributed by atoms with E-state index in [1.807, 2.05) is 35.3 Å². The minimum Gasteiger partial charge on any atom is -0.494 e. The Labute approximate surface area is 205 Å². The number of hydrogen-bond donors (Lipinski definition) is 2. The van der Waals surface area contributed by atoms with E-state index >= 15 is 0 Å². The molecule has 0 fully saturated rings. The molecule has 9 nitrogen and oxygen atoms in total. The van der Waals surface area contributed by atoms with Gasteiger partial charge in [0.15, 0.2) is 5.65 Å². The summed E-state index contributed by atoms with van der Waals surface area (Å²) in [5.41, 5.74) is 1.86. The number of carbonyl (C=O) groups excluding carboxylic acids is 1. The van der Waals surface area contributed by atoms with Crippen LogP contribution in [0.5, 0.6) is 5.75 Å².